The van der Waals surface area contributed by atoms with Gasteiger partial charge in [0.2, 0.25) is 0 Å². The minimum atomic E-state index is -0.205. The van der Waals surface area contributed by atoms with E-state index >= 15 is 0 Å². The highest BCUT2D eigenvalue weighted by molar-refractivity contribution is 7.99. The molecule has 0 fully saturated rings. The fraction of sp³-hybridized carbons (Fsp3) is 0.238. The van der Waals surface area contributed by atoms with Gasteiger partial charge in [-0.3, -0.25) is 4.79 Å². The molecule has 29 heavy (non-hydrogen) atoms. The van der Waals surface area contributed by atoms with Crippen LogP contribution in [0.2, 0.25) is 0 Å². The number of nitrogens with one attached hydrogen (secondary N) is 1. The maximum absolute atomic E-state index is 12.1. The average molecular weight is 410 g/mol. The van der Waals surface area contributed by atoms with Crippen molar-refractivity contribution < 1.29 is 9.53 Å². The summed E-state index contributed by atoms with van der Waals surface area (Å²) in [4.78, 5) is 12.1. The Labute approximate surface area is 174 Å². The highest BCUT2D eigenvalue weighted by Crippen LogP contribution is 2.23. The monoisotopic (exact) mass is 409 g/mol. The number of carbonyl (C=O) groups is 1. The van der Waals surface area contributed by atoms with E-state index in [1.54, 1.807) is 6.21 Å². The maximum Gasteiger partial charge on any atom is 0.250 e. The molecule has 8 heteroatoms. The lowest BCUT2D eigenvalue weighted by molar-refractivity contribution is -0.118. The second-order valence-corrected chi connectivity index (χ2v) is 6.94. The third kappa shape index (κ3) is 5.68. The van der Waals surface area contributed by atoms with Gasteiger partial charge in [0.1, 0.15) is 5.75 Å². The van der Waals surface area contributed by atoms with Crippen molar-refractivity contribution in [2.45, 2.75) is 25.5 Å². The lowest BCUT2D eigenvalue weighted by atomic mass is 10.2. The van der Waals surface area contributed by atoms with E-state index in [4.69, 9.17) is 4.74 Å². The van der Waals surface area contributed by atoms with Gasteiger partial charge in [-0.25, -0.2) is 5.43 Å². The average Bonchev–Trinajstić information content (AvgIpc) is 3.17. The Balaban J connectivity index is 1.53. The Morgan fingerprint density at radius 1 is 1.14 bits per heavy atom. The number of hydrazone groups is 1. The number of aromatic nitrogens is 3. The first-order valence-electron chi connectivity index (χ1n) is 9.37. The summed E-state index contributed by atoms with van der Waals surface area (Å²) in [5.41, 5.74) is 4.41. The minimum absolute atomic E-state index is 0.202. The smallest absolute Gasteiger partial charge is 0.250 e. The summed E-state index contributed by atoms with van der Waals surface area (Å²) in [5, 5.41) is 13.2. The van der Waals surface area contributed by atoms with Gasteiger partial charge < -0.3 is 9.30 Å². The first-order valence-corrected chi connectivity index (χ1v) is 10.4. The van der Waals surface area contributed by atoms with Gasteiger partial charge in [-0.2, -0.15) is 5.10 Å². The van der Waals surface area contributed by atoms with E-state index in [0.29, 0.717) is 11.8 Å². The Morgan fingerprint density at radius 2 is 1.90 bits per heavy atom. The number of carbonyl (C=O) groups excluding carboxylic acids is 1. The molecule has 1 N–H and O–H groups in total. The van der Waals surface area contributed by atoms with Crippen LogP contribution in [-0.2, 0) is 11.3 Å². The van der Waals surface area contributed by atoms with Crippen molar-refractivity contribution >= 4 is 23.9 Å². The molecule has 3 aromatic rings. The SMILES string of the molecule is CCOc1ccc(/C=N/NC(=O)CSc2nnc(-c3ccccc3)n2CC)cc1. The van der Waals surface area contributed by atoms with Crippen LogP contribution >= 0.6 is 11.8 Å². The number of hydrogen-bond donors (Lipinski definition) is 1. The summed E-state index contributed by atoms with van der Waals surface area (Å²) in [6, 6.07) is 17.4. The molecule has 1 aromatic heterocycles. The highest BCUT2D eigenvalue weighted by Gasteiger charge is 2.14. The van der Waals surface area contributed by atoms with E-state index in [1.807, 2.05) is 73.0 Å². The second kappa shape index (κ2) is 10.4. The third-order valence-corrected chi connectivity index (χ3v) is 4.96. The van der Waals surface area contributed by atoms with Crippen LogP contribution in [0.25, 0.3) is 11.4 Å². The predicted octanol–water partition coefficient (Wildman–Crippen LogP) is 3.61. The number of rotatable bonds is 9. The molecule has 1 amide bonds. The molecule has 1 heterocycles. The van der Waals surface area contributed by atoms with E-state index in [2.05, 4.69) is 20.7 Å². The first-order chi connectivity index (χ1) is 14.2. The molecule has 0 atom stereocenters. The molecule has 2 aromatic carbocycles. The fourth-order valence-corrected chi connectivity index (χ4v) is 3.43. The van der Waals surface area contributed by atoms with E-state index in [-0.39, 0.29) is 11.7 Å². The van der Waals surface area contributed by atoms with Crippen molar-refractivity contribution in [3.63, 3.8) is 0 Å². The fourth-order valence-electron chi connectivity index (χ4n) is 2.64. The summed E-state index contributed by atoms with van der Waals surface area (Å²) in [7, 11) is 0. The molecule has 0 unspecified atom stereocenters. The van der Waals surface area contributed by atoms with Gasteiger partial charge in [-0.15, -0.1) is 10.2 Å². The van der Waals surface area contributed by atoms with Crippen molar-refractivity contribution in [1.82, 2.24) is 20.2 Å². The topological polar surface area (TPSA) is 81.4 Å². The molecule has 0 bridgehead atoms. The number of thioether (sulfide) groups is 1. The van der Waals surface area contributed by atoms with Gasteiger partial charge >= 0.3 is 0 Å². The number of benzene rings is 2. The van der Waals surface area contributed by atoms with Crippen molar-refractivity contribution in [3.05, 3.63) is 60.2 Å². The van der Waals surface area contributed by atoms with Gasteiger partial charge in [0.05, 0.1) is 18.6 Å². The van der Waals surface area contributed by atoms with Gasteiger partial charge in [0.15, 0.2) is 11.0 Å². The zero-order valence-electron chi connectivity index (χ0n) is 16.4. The number of nitrogens with zero attached hydrogens (tertiary/aromatic N) is 4. The zero-order valence-corrected chi connectivity index (χ0v) is 17.2. The van der Waals surface area contributed by atoms with Crippen LogP contribution in [0.1, 0.15) is 19.4 Å². The van der Waals surface area contributed by atoms with Crippen LogP contribution in [-0.4, -0.2) is 39.2 Å². The molecule has 0 saturated heterocycles. The Hall–Kier alpha value is -3.13. The van der Waals surface area contributed by atoms with Crippen LogP contribution in [0.3, 0.4) is 0 Å². The Bertz CT molecular complexity index is 955. The van der Waals surface area contributed by atoms with Crippen LogP contribution in [0, 0.1) is 0 Å². The van der Waals surface area contributed by atoms with Crippen molar-refractivity contribution in [1.29, 1.82) is 0 Å². The van der Waals surface area contributed by atoms with Crippen LogP contribution < -0.4 is 10.2 Å². The minimum Gasteiger partial charge on any atom is -0.494 e. The van der Waals surface area contributed by atoms with Gasteiger partial charge in [-0.05, 0) is 43.7 Å². The molecule has 150 valence electrons. The molecule has 0 radical (unpaired) electrons. The highest BCUT2D eigenvalue weighted by atomic mass is 32.2. The van der Waals surface area contributed by atoms with E-state index in [1.165, 1.54) is 11.8 Å². The maximum atomic E-state index is 12.1. The molecule has 0 aliphatic carbocycles. The number of amides is 1. The lowest BCUT2D eigenvalue weighted by Gasteiger charge is -2.06. The zero-order chi connectivity index (χ0) is 20.5. The molecule has 0 spiro atoms. The van der Waals surface area contributed by atoms with Crippen LogP contribution in [0.4, 0.5) is 0 Å². The molecule has 0 saturated carbocycles. The normalized spacial score (nSPS) is 11.0. The largest absolute Gasteiger partial charge is 0.494 e. The quantitative estimate of drug-likeness (QED) is 0.332. The van der Waals surface area contributed by atoms with Crippen LogP contribution in [0.5, 0.6) is 5.75 Å². The Kier molecular flexibility index (Phi) is 7.40. The summed E-state index contributed by atoms with van der Waals surface area (Å²) in [6.07, 6.45) is 1.60. The van der Waals surface area contributed by atoms with Crippen molar-refractivity contribution in [2.75, 3.05) is 12.4 Å². The van der Waals surface area contributed by atoms with Crippen molar-refractivity contribution in [2.24, 2.45) is 5.10 Å². The summed E-state index contributed by atoms with van der Waals surface area (Å²) in [6.45, 7) is 5.31. The van der Waals surface area contributed by atoms with Crippen molar-refractivity contribution in [3.8, 4) is 17.1 Å². The van der Waals surface area contributed by atoms with E-state index in [9.17, 15) is 4.79 Å². The summed E-state index contributed by atoms with van der Waals surface area (Å²) in [5.74, 6) is 1.60. The molecular formula is C21H23N5O2S. The van der Waals surface area contributed by atoms with Gasteiger partial charge in [0.25, 0.3) is 5.91 Å². The molecule has 0 aliphatic rings. The summed E-state index contributed by atoms with van der Waals surface area (Å²) >= 11 is 1.34. The number of ether oxygens (including phenoxy) is 1. The van der Waals surface area contributed by atoms with E-state index in [0.717, 1.165) is 29.2 Å². The summed E-state index contributed by atoms with van der Waals surface area (Å²) < 4.78 is 7.39. The number of hydrogen-bond acceptors (Lipinski definition) is 6. The van der Waals surface area contributed by atoms with E-state index < -0.39 is 0 Å². The van der Waals surface area contributed by atoms with Crippen LogP contribution in [0.15, 0.2) is 64.9 Å². The second-order valence-electron chi connectivity index (χ2n) is 6.00. The molecular weight excluding hydrogens is 386 g/mol. The molecule has 3 rings (SSSR count). The molecule has 0 aliphatic heterocycles. The standard InChI is InChI=1S/C21H23N5O2S/c1-3-26-20(17-8-6-5-7-9-17)24-25-21(26)29-15-19(27)23-22-14-16-10-12-18(13-11-16)28-4-2/h5-14H,3-4,15H2,1-2H3,(H,23,27)/b22-14+. The molecule has 7 nitrogen and oxygen atoms in total. The Morgan fingerprint density at radius 3 is 2.59 bits per heavy atom. The first kappa shape index (κ1) is 20.6. The predicted molar refractivity (Wildman–Crippen MR) is 115 cm³/mol. The third-order valence-electron chi connectivity index (χ3n) is 3.99. The van der Waals surface area contributed by atoms with Gasteiger partial charge in [-0.1, -0.05) is 42.1 Å². The lowest BCUT2D eigenvalue weighted by Crippen LogP contribution is -2.20. The van der Waals surface area contributed by atoms with Gasteiger partial charge in [0, 0.05) is 12.1 Å².